The van der Waals surface area contributed by atoms with E-state index in [0.29, 0.717) is 12.7 Å². The van der Waals surface area contributed by atoms with Gasteiger partial charge in [0.2, 0.25) is 0 Å². The van der Waals surface area contributed by atoms with Gasteiger partial charge < -0.3 is 14.5 Å². The van der Waals surface area contributed by atoms with Crippen LogP contribution in [0.15, 0.2) is 10.5 Å². The smallest absolute Gasteiger partial charge is 0.118 e. The predicted molar refractivity (Wildman–Crippen MR) is 74.6 cm³/mol. The lowest BCUT2D eigenvalue weighted by atomic mass is 10.1. The topological polar surface area (TPSA) is 34.4 Å². The lowest BCUT2D eigenvalue weighted by molar-refractivity contribution is 0.0502. The molecule has 0 radical (unpaired) electrons. The van der Waals surface area contributed by atoms with Crippen molar-refractivity contribution in [1.82, 2.24) is 5.32 Å². The van der Waals surface area contributed by atoms with Crippen molar-refractivity contribution >= 4 is 0 Å². The van der Waals surface area contributed by atoms with Gasteiger partial charge in [-0.1, -0.05) is 6.92 Å². The zero-order valence-electron chi connectivity index (χ0n) is 12.6. The molecule has 0 aliphatic carbocycles. The highest BCUT2D eigenvalue weighted by atomic mass is 16.5. The maximum absolute atomic E-state index is 5.74. The number of hydrogen-bond donors (Lipinski definition) is 1. The van der Waals surface area contributed by atoms with Crippen LogP contribution in [0.4, 0.5) is 0 Å². The monoisotopic (exact) mass is 253 g/mol. The van der Waals surface area contributed by atoms with Gasteiger partial charge >= 0.3 is 0 Å². The summed E-state index contributed by atoms with van der Waals surface area (Å²) >= 11 is 0. The molecular formula is C15H27NO2. The third-order valence-electron chi connectivity index (χ3n) is 2.96. The second kappa shape index (κ2) is 6.39. The Kier molecular flexibility index (Phi) is 5.42. The van der Waals surface area contributed by atoms with E-state index < -0.39 is 0 Å². The fourth-order valence-corrected chi connectivity index (χ4v) is 1.52. The van der Waals surface area contributed by atoms with E-state index >= 15 is 0 Å². The molecule has 1 heterocycles. The molecule has 0 saturated heterocycles. The zero-order valence-corrected chi connectivity index (χ0v) is 12.6. The average molecular weight is 253 g/mol. The minimum absolute atomic E-state index is 0.105. The van der Waals surface area contributed by atoms with Crippen LogP contribution < -0.4 is 5.32 Å². The second-order valence-electron chi connectivity index (χ2n) is 5.93. The molecular weight excluding hydrogens is 226 g/mol. The standard InChI is InChI=1S/C15H27NO2/c1-7-11(2)17-10-13-8-14(18-12(13)3)9-16-15(4,5)6/h8,11,16H,7,9-10H2,1-6H3. The summed E-state index contributed by atoms with van der Waals surface area (Å²) in [6.07, 6.45) is 1.34. The Morgan fingerprint density at radius 1 is 1.39 bits per heavy atom. The molecule has 1 aromatic heterocycles. The summed E-state index contributed by atoms with van der Waals surface area (Å²) < 4.78 is 11.5. The van der Waals surface area contributed by atoms with Gasteiger partial charge in [-0.3, -0.25) is 0 Å². The maximum Gasteiger partial charge on any atom is 0.118 e. The van der Waals surface area contributed by atoms with Gasteiger partial charge in [0.15, 0.2) is 0 Å². The molecule has 3 nitrogen and oxygen atoms in total. The molecule has 0 amide bonds. The van der Waals surface area contributed by atoms with Crippen LogP contribution in [0.3, 0.4) is 0 Å². The predicted octanol–water partition coefficient (Wildman–Crippen LogP) is 3.79. The van der Waals surface area contributed by atoms with Gasteiger partial charge in [-0.15, -0.1) is 0 Å². The molecule has 1 unspecified atom stereocenters. The quantitative estimate of drug-likeness (QED) is 0.837. The van der Waals surface area contributed by atoms with E-state index in [1.54, 1.807) is 0 Å². The first kappa shape index (κ1) is 15.3. The number of aryl methyl sites for hydroxylation is 1. The van der Waals surface area contributed by atoms with E-state index in [-0.39, 0.29) is 5.54 Å². The summed E-state index contributed by atoms with van der Waals surface area (Å²) in [5, 5.41) is 3.42. The fraction of sp³-hybridized carbons (Fsp3) is 0.733. The summed E-state index contributed by atoms with van der Waals surface area (Å²) in [7, 11) is 0. The number of hydrogen-bond acceptors (Lipinski definition) is 3. The number of furan rings is 1. The van der Waals surface area contributed by atoms with Crippen molar-refractivity contribution in [1.29, 1.82) is 0 Å². The summed E-state index contributed by atoms with van der Waals surface area (Å²) in [5.74, 6) is 1.94. The first-order chi connectivity index (χ1) is 8.31. The minimum Gasteiger partial charge on any atom is -0.465 e. The highest BCUT2D eigenvalue weighted by Gasteiger charge is 2.12. The van der Waals surface area contributed by atoms with Crippen molar-refractivity contribution in [3.8, 4) is 0 Å². The van der Waals surface area contributed by atoms with E-state index in [2.05, 4.69) is 46.0 Å². The lowest BCUT2D eigenvalue weighted by Crippen LogP contribution is -2.34. The van der Waals surface area contributed by atoms with Crippen molar-refractivity contribution in [3.05, 3.63) is 23.2 Å². The molecule has 0 bridgehead atoms. The van der Waals surface area contributed by atoms with E-state index in [1.165, 1.54) is 0 Å². The van der Waals surface area contributed by atoms with E-state index in [0.717, 1.165) is 30.0 Å². The van der Waals surface area contributed by atoms with Crippen molar-refractivity contribution in [2.75, 3.05) is 0 Å². The molecule has 3 heteroatoms. The number of rotatable bonds is 6. The molecule has 0 fully saturated rings. The van der Waals surface area contributed by atoms with Crippen molar-refractivity contribution in [3.63, 3.8) is 0 Å². The van der Waals surface area contributed by atoms with Crippen LogP contribution >= 0.6 is 0 Å². The zero-order chi connectivity index (χ0) is 13.8. The van der Waals surface area contributed by atoms with Gasteiger partial charge in [-0.25, -0.2) is 0 Å². The van der Waals surface area contributed by atoms with Gasteiger partial charge in [-0.2, -0.15) is 0 Å². The van der Waals surface area contributed by atoms with Crippen molar-refractivity contribution < 1.29 is 9.15 Å². The Morgan fingerprint density at radius 2 is 2.06 bits per heavy atom. The van der Waals surface area contributed by atoms with Crippen molar-refractivity contribution in [2.24, 2.45) is 0 Å². The largest absolute Gasteiger partial charge is 0.465 e. The Labute approximate surface area is 111 Å². The SMILES string of the molecule is CCC(C)OCc1cc(CNC(C)(C)C)oc1C. The fourth-order valence-electron chi connectivity index (χ4n) is 1.52. The van der Waals surface area contributed by atoms with Gasteiger partial charge in [0.1, 0.15) is 11.5 Å². The molecule has 0 saturated carbocycles. The summed E-state index contributed by atoms with van der Waals surface area (Å²) in [6.45, 7) is 14.1. The molecule has 104 valence electrons. The van der Waals surface area contributed by atoms with Crippen LogP contribution in [0.5, 0.6) is 0 Å². The van der Waals surface area contributed by atoms with Crippen LogP contribution in [0.25, 0.3) is 0 Å². The molecule has 0 aliphatic heterocycles. The lowest BCUT2D eigenvalue weighted by Gasteiger charge is -2.19. The normalized spacial score (nSPS) is 13.9. The minimum atomic E-state index is 0.105. The van der Waals surface area contributed by atoms with Crippen LogP contribution in [0.1, 0.15) is 58.1 Å². The Hall–Kier alpha value is -0.800. The Balaban J connectivity index is 2.53. The van der Waals surface area contributed by atoms with E-state index in [1.807, 2.05) is 6.92 Å². The third kappa shape index (κ3) is 5.23. The van der Waals surface area contributed by atoms with Crippen molar-refractivity contribution in [2.45, 2.75) is 72.8 Å². The molecule has 18 heavy (non-hydrogen) atoms. The molecule has 1 atom stereocenters. The number of nitrogens with one attached hydrogen (secondary N) is 1. The van der Waals surface area contributed by atoms with Crippen LogP contribution in [-0.2, 0) is 17.9 Å². The molecule has 0 aromatic carbocycles. The second-order valence-corrected chi connectivity index (χ2v) is 5.93. The van der Waals surface area contributed by atoms with E-state index in [9.17, 15) is 0 Å². The van der Waals surface area contributed by atoms with Crippen LogP contribution in [0, 0.1) is 6.92 Å². The molecule has 1 rings (SSSR count). The van der Waals surface area contributed by atoms with Crippen LogP contribution in [0.2, 0.25) is 0 Å². The van der Waals surface area contributed by atoms with E-state index in [4.69, 9.17) is 9.15 Å². The first-order valence-corrected chi connectivity index (χ1v) is 6.76. The third-order valence-corrected chi connectivity index (χ3v) is 2.96. The Morgan fingerprint density at radius 3 is 2.61 bits per heavy atom. The van der Waals surface area contributed by atoms with Gasteiger partial charge in [0, 0.05) is 11.1 Å². The average Bonchev–Trinajstić information content (AvgIpc) is 2.63. The summed E-state index contributed by atoms with van der Waals surface area (Å²) in [4.78, 5) is 0. The van der Waals surface area contributed by atoms with Crippen LogP contribution in [-0.4, -0.2) is 11.6 Å². The number of ether oxygens (including phenoxy) is 1. The molecule has 0 spiro atoms. The highest BCUT2D eigenvalue weighted by Crippen LogP contribution is 2.17. The summed E-state index contributed by atoms with van der Waals surface area (Å²) in [5.41, 5.74) is 1.26. The highest BCUT2D eigenvalue weighted by molar-refractivity contribution is 5.20. The van der Waals surface area contributed by atoms with Gasteiger partial charge in [0.05, 0.1) is 19.3 Å². The van der Waals surface area contributed by atoms with Gasteiger partial charge in [0.25, 0.3) is 0 Å². The molecule has 1 N–H and O–H groups in total. The molecule has 0 aliphatic rings. The summed E-state index contributed by atoms with van der Waals surface area (Å²) in [6, 6.07) is 2.09. The van der Waals surface area contributed by atoms with Gasteiger partial charge in [-0.05, 0) is 47.1 Å². The molecule has 1 aromatic rings. The first-order valence-electron chi connectivity index (χ1n) is 6.76. The maximum atomic E-state index is 5.74. The Bertz CT molecular complexity index is 363.